The summed E-state index contributed by atoms with van der Waals surface area (Å²) in [6, 6.07) is 2.03. The van der Waals surface area contributed by atoms with Crippen LogP contribution < -0.4 is 5.32 Å². The van der Waals surface area contributed by atoms with Crippen molar-refractivity contribution in [3.8, 4) is 0 Å². The molecule has 0 radical (unpaired) electrons. The molecule has 1 amide bonds. The smallest absolute Gasteiger partial charge is 0.223 e. The molecule has 0 fully saturated rings. The number of hydrogen-bond donors (Lipinski definition) is 2. The molecule has 1 aliphatic carbocycles. The molecule has 6 heteroatoms. The number of fused-ring (bicyclic) bond motifs is 1. The Balaban J connectivity index is 1.97. The average Bonchev–Trinajstić information content (AvgIpc) is 2.71. The van der Waals surface area contributed by atoms with Crippen molar-refractivity contribution in [3.63, 3.8) is 0 Å². The number of aryl methyl sites for hydroxylation is 1. The maximum absolute atomic E-state index is 13.3. The van der Waals surface area contributed by atoms with Gasteiger partial charge in [0.05, 0.1) is 18.6 Å². The zero-order valence-electron chi connectivity index (χ0n) is 12.2. The highest BCUT2D eigenvalue weighted by atomic mass is 19.2. The van der Waals surface area contributed by atoms with E-state index in [-0.39, 0.29) is 18.4 Å². The summed E-state index contributed by atoms with van der Waals surface area (Å²) in [6.45, 7) is 0.397. The second-order valence-electron chi connectivity index (χ2n) is 5.74. The van der Waals surface area contributed by atoms with E-state index in [0.717, 1.165) is 11.6 Å². The number of carbonyl (C=O) groups excluding carboxylic acids is 1. The van der Waals surface area contributed by atoms with Crippen molar-refractivity contribution in [2.45, 2.75) is 31.4 Å². The lowest BCUT2D eigenvalue weighted by molar-refractivity contribution is -0.123. The normalized spacial score (nSPS) is 18.7. The highest BCUT2D eigenvalue weighted by Crippen LogP contribution is 2.32. The molecule has 0 aromatic heterocycles. The van der Waals surface area contributed by atoms with Gasteiger partial charge in [-0.1, -0.05) is 0 Å². The van der Waals surface area contributed by atoms with E-state index >= 15 is 0 Å². The van der Waals surface area contributed by atoms with Gasteiger partial charge in [0.25, 0.3) is 0 Å². The Morgan fingerprint density at radius 3 is 2.76 bits per heavy atom. The van der Waals surface area contributed by atoms with Gasteiger partial charge in [-0.3, -0.25) is 4.79 Å². The molecule has 1 aromatic rings. The van der Waals surface area contributed by atoms with Gasteiger partial charge in [0.15, 0.2) is 11.6 Å². The number of carbonyl (C=O) groups is 1. The van der Waals surface area contributed by atoms with E-state index in [1.807, 2.05) is 14.1 Å². The second kappa shape index (κ2) is 6.49. The van der Waals surface area contributed by atoms with Crippen LogP contribution in [0.25, 0.3) is 0 Å². The van der Waals surface area contributed by atoms with Crippen LogP contribution in [0.3, 0.4) is 0 Å². The van der Waals surface area contributed by atoms with Crippen LogP contribution in [0.4, 0.5) is 8.78 Å². The maximum atomic E-state index is 13.3. The zero-order chi connectivity index (χ0) is 15.6. The lowest BCUT2D eigenvalue weighted by Crippen LogP contribution is -2.34. The topological polar surface area (TPSA) is 52.6 Å². The molecule has 0 bridgehead atoms. The SMILES string of the molecule is CN(C)CC(O)CC(=O)NC1CCc2cc(F)c(F)cc21. The number of rotatable bonds is 5. The van der Waals surface area contributed by atoms with Crippen LogP contribution in [0.15, 0.2) is 12.1 Å². The van der Waals surface area contributed by atoms with Crippen LogP contribution in [0.2, 0.25) is 0 Å². The third-order valence-corrected chi connectivity index (χ3v) is 3.59. The number of nitrogens with zero attached hydrogens (tertiary/aromatic N) is 1. The number of aliphatic hydroxyl groups is 1. The number of likely N-dealkylation sites (N-methyl/N-ethyl adjacent to an activating group) is 1. The van der Waals surface area contributed by atoms with E-state index in [4.69, 9.17) is 0 Å². The third kappa shape index (κ3) is 3.98. The van der Waals surface area contributed by atoms with Crippen molar-refractivity contribution in [3.05, 3.63) is 34.9 Å². The zero-order valence-corrected chi connectivity index (χ0v) is 12.2. The summed E-state index contributed by atoms with van der Waals surface area (Å²) in [5.41, 5.74) is 1.36. The predicted molar refractivity (Wildman–Crippen MR) is 74.7 cm³/mol. The molecule has 1 aromatic carbocycles. The summed E-state index contributed by atoms with van der Waals surface area (Å²) >= 11 is 0. The van der Waals surface area contributed by atoms with Crippen molar-refractivity contribution in [1.29, 1.82) is 0 Å². The first-order valence-corrected chi connectivity index (χ1v) is 6.96. The lowest BCUT2D eigenvalue weighted by Gasteiger charge is -2.18. The number of halogens is 2. The molecule has 0 saturated carbocycles. The third-order valence-electron chi connectivity index (χ3n) is 3.59. The monoisotopic (exact) mass is 298 g/mol. The van der Waals surface area contributed by atoms with Crippen LogP contribution in [-0.4, -0.2) is 42.7 Å². The molecule has 0 spiro atoms. The molecule has 0 saturated heterocycles. The van der Waals surface area contributed by atoms with Gasteiger partial charge in [0.1, 0.15) is 0 Å². The van der Waals surface area contributed by atoms with Gasteiger partial charge < -0.3 is 15.3 Å². The Bertz CT molecular complexity index is 535. The van der Waals surface area contributed by atoms with E-state index < -0.39 is 17.7 Å². The predicted octanol–water partition coefficient (Wildman–Crippen LogP) is 1.38. The van der Waals surface area contributed by atoms with E-state index in [1.54, 1.807) is 4.90 Å². The molecule has 2 N–H and O–H groups in total. The van der Waals surface area contributed by atoms with Gasteiger partial charge in [0, 0.05) is 6.54 Å². The van der Waals surface area contributed by atoms with Crippen LogP contribution in [-0.2, 0) is 11.2 Å². The largest absolute Gasteiger partial charge is 0.391 e. The van der Waals surface area contributed by atoms with Crippen molar-refractivity contribution in [2.24, 2.45) is 0 Å². The van der Waals surface area contributed by atoms with Gasteiger partial charge in [-0.15, -0.1) is 0 Å². The molecule has 1 aliphatic rings. The minimum Gasteiger partial charge on any atom is -0.391 e. The molecule has 4 nitrogen and oxygen atoms in total. The summed E-state index contributed by atoms with van der Waals surface area (Å²) in [7, 11) is 3.62. The van der Waals surface area contributed by atoms with Crippen LogP contribution in [0, 0.1) is 11.6 Å². The van der Waals surface area contributed by atoms with Gasteiger partial charge in [0.2, 0.25) is 5.91 Å². The number of benzene rings is 1. The van der Waals surface area contributed by atoms with Gasteiger partial charge in [-0.2, -0.15) is 0 Å². The van der Waals surface area contributed by atoms with Gasteiger partial charge in [-0.05, 0) is 50.2 Å². The van der Waals surface area contributed by atoms with E-state index in [2.05, 4.69) is 5.32 Å². The summed E-state index contributed by atoms with van der Waals surface area (Å²) in [5.74, 6) is -2.04. The second-order valence-corrected chi connectivity index (χ2v) is 5.74. The quantitative estimate of drug-likeness (QED) is 0.863. The highest BCUT2D eigenvalue weighted by Gasteiger charge is 2.26. The maximum Gasteiger partial charge on any atom is 0.223 e. The molecule has 2 rings (SSSR count). The number of amides is 1. The van der Waals surface area contributed by atoms with E-state index in [9.17, 15) is 18.7 Å². The molecular weight excluding hydrogens is 278 g/mol. The summed E-state index contributed by atoms with van der Waals surface area (Å²) < 4.78 is 26.5. The van der Waals surface area contributed by atoms with Crippen molar-refractivity contribution in [1.82, 2.24) is 10.2 Å². The fourth-order valence-electron chi connectivity index (χ4n) is 2.70. The van der Waals surface area contributed by atoms with Crippen molar-refractivity contribution >= 4 is 5.91 Å². The number of hydrogen-bond acceptors (Lipinski definition) is 3. The van der Waals surface area contributed by atoms with Gasteiger partial charge >= 0.3 is 0 Å². The summed E-state index contributed by atoms with van der Waals surface area (Å²) in [6.07, 6.45) is 0.477. The molecule has 0 heterocycles. The fraction of sp³-hybridized carbons (Fsp3) is 0.533. The first-order valence-electron chi connectivity index (χ1n) is 6.96. The summed E-state index contributed by atoms with van der Waals surface area (Å²) in [4.78, 5) is 13.7. The molecule has 0 aliphatic heterocycles. The van der Waals surface area contributed by atoms with E-state index in [1.165, 1.54) is 6.07 Å². The first kappa shape index (κ1) is 15.9. The highest BCUT2D eigenvalue weighted by molar-refractivity contribution is 5.77. The van der Waals surface area contributed by atoms with Crippen LogP contribution in [0.5, 0.6) is 0 Å². The molecule has 2 atom stereocenters. The minimum absolute atomic E-state index is 0.00626. The Kier molecular flexibility index (Phi) is 4.90. The van der Waals surface area contributed by atoms with Crippen molar-refractivity contribution < 1.29 is 18.7 Å². The number of aliphatic hydroxyl groups excluding tert-OH is 1. The Morgan fingerprint density at radius 2 is 2.10 bits per heavy atom. The fourth-order valence-corrected chi connectivity index (χ4v) is 2.70. The van der Waals surface area contributed by atoms with E-state index in [0.29, 0.717) is 24.9 Å². The van der Waals surface area contributed by atoms with Gasteiger partial charge in [-0.25, -0.2) is 8.78 Å². The molecular formula is C15H20F2N2O2. The molecule has 2 unspecified atom stereocenters. The molecule has 21 heavy (non-hydrogen) atoms. The van der Waals surface area contributed by atoms with Crippen molar-refractivity contribution in [2.75, 3.05) is 20.6 Å². The Hall–Kier alpha value is -1.53. The average molecular weight is 298 g/mol. The molecule has 116 valence electrons. The first-order chi connectivity index (χ1) is 9.86. The summed E-state index contributed by atoms with van der Waals surface area (Å²) in [5, 5.41) is 12.5. The van der Waals surface area contributed by atoms with Crippen LogP contribution >= 0.6 is 0 Å². The standard InChI is InChI=1S/C15H20F2N2O2/c1-19(2)8-10(20)6-15(21)18-14-4-3-9-5-12(16)13(17)7-11(9)14/h5,7,10,14,20H,3-4,6,8H2,1-2H3,(H,18,21). The lowest BCUT2D eigenvalue weighted by atomic mass is 10.1. The Morgan fingerprint density at radius 1 is 1.43 bits per heavy atom. The number of nitrogens with one attached hydrogen (secondary N) is 1. The Labute approximate surface area is 122 Å². The minimum atomic E-state index is -0.900. The van der Waals surface area contributed by atoms with Crippen LogP contribution in [0.1, 0.15) is 30.0 Å².